The second-order valence-corrected chi connectivity index (χ2v) is 6.27. The van der Waals surface area contributed by atoms with Gasteiger partial charge in [-0.15, -0.1) is 11.6 Å². The van der Waals surface area contributed by atoms with Gasteiger partial charge >= 0.3 is 0 Å². The predicted octanol–water partition coefficient (Wildman–Crippen LogP) is 2.85. The number of nitrogens with one attached hydrogen (secondary N) is 1. The van der Waals surface area contributed by atoms with Crippen LogP contribution in [0.2, 0.25) is 0 Å². The first-order valence-electron chi connectivity index (χ1n) is 6.19. The van der Waals surface area contributed by atoms with Crippen molar-refractivity contribution >= 4 is 38.8 Å². The molecule has 5 nitrogen and oxygen atoms in total. The van der Waals surface area contributed by atoms with Crippen molar-refractivity contribution in [2.45, 2.75) is 4.90 Å². The number of para-hydroxylation sites is 1. The molecule has 0 atom stereocenters. The molecular weight excluding hydrogens is 329 g/mol. The minimum absolute atomic E-state index is 0.0147. The molecule has 0 saturated carbocycles. The van der Waals surface area contributed by atoms with E-state index in [1.807, 2.05) is 0 Å². The lowest BCUT2D eigenvalue weighted by Gasteiger charge is -2.09. The molecule has 2 rings (SSSR count). The third kappa shape index (κ3) is 3.96. The maximum absolute atomic E-state index is 13.5. The minimum Gasteiger partial charge on any atom is -0.386 e. The number of amidine groups is 1. The Labute approximate surface area is 132 Å². The van der Waals surface area contributed by atoms with E-state index in [0.717, 1.165) is 0 Å². The van der Waals surface area contributed by atoms with Crippen LogP contribution in [-0.2, 0) is 10.0 Å². The molecule has 2 aromatic carbocycles. The molecule has 0 spiro atoms. The van der Waals surface area contributed by atoms with Crippen molar-refractivity contribution in [3.63, 3.8) is 0 Å². The first kappa shape index (κ1) is 16.3. The van der Waals surface area contributed by atoms with Crippen LogP contribution in [0.5, 0.6) is 0 Å². The van der Waals surface area contributed by atoms with Crippen molar-refractivity contribution in [2.24, 2.45) is 10.7 Å². The van der Waals surface area contributed by atoms with E-state index in [-0.39, 0.29) is 22.3 Å². The Kier molecular flexibility index (Phi) is 4.99. The van der Waals surface area contributed by atoms with Crippen LogP contribution >= 0.6 is 11.6 Å². The Balaban J connectivity index is 2.25. The maximum atomic E-state index is 13.5. The maximum Gasteiger partial charge on any atom is 0.261 e. The highest BCUT2D eigenvalue weighted by Gasteiger charge is 2.15. The Morgan fingerprint density at radius 3 is 2.41 bits per heavy atom. The molecule has 0 amide bonds. The molecule has 0 aliphatic carbocycles. The summed E-state index contributed by atoms with van der Waals surface area (Å²) in [6, 6.07) is 11.2. The highest BCUT2D eigenvalue weighted by molar-refractivity contribution is 7.92. The lowest BCUT2D eigenvalue weighted by Crippen LogP contribution is -2.14. The van der Waals surface area contributed by atoms with E-state index in [1.165, 1.54) is 48.5 Å². The molecule has 0 bridgehead atoms. The molecule has 0 aliphatic rings. The summed E-state index contributed by atoms with van der Waals surface area (Å²) in [5.74, 6) is -0.349. The summed E-state index contributed by atoms with van der Waals surface area (Å²) in [5, 5.41) is 0. The lowest BCUT2D eigenvalue weighted by atomic mass is 10.3. The first-order valence-corrected chi connectivity index (χ1v) is 8.20. The number of nitrogens with zero attached hydrogens (tertiary/aromatic N) is 1. The molecule has 0 radical (unpaired) electrons. The molecule has 0 unspecified atom stereocenters. The molecule has 8 heteroatoms. The van der Waals surface area contributed by atoms with Crippen LogP contribution in [0.25, 0.3) is 0 Å². The molecule has 3 N–H and O–H groups in total. The van der Waals surface area contributed by atoms with E-state index < -0.39 is 15.8 Å². The van der Waals surface area contributed by atoms with Crippen molar-refractivity contribution < 1.29 is 12.8 Å². The number of rotatable bonds is 5. The Bertz CT molecular complexity index is 792. The number of nitrogens with two attached hydrogens (primary N) is 1. The fourth-order valence-corrected chi connectivity index (χ4v) is 2.77. The van der Waals surface area contributed by atoms with Gasteiger partial charge in [0.25, 0.3) is 10.0 Å². The SMILES string of the molecule is NC(CCl)=Nc1ccc(S(=O)(=O)Nc2ccccc2F)cc1. The zero-order chi connectivity index (χ0) is 16.2. The summed E-state index contributed by atoms with van der Waals surface area (Å²) in [5.41, 5.74) is 5.85. The summed E-state index contributed by atoms with van der Waals surface area (Å²) in [4.78, 5) is 3.97. The van der Waals surface area contributed by atoms with E-state index in [4.69, 9.17) is 17.3 Å². The number of aliphatic imine (C=N–C) groups is 1. The van der Waals surface area contributed by atoms with Crippen molar-refractivity contribution in [2.75, 3.05) is 10.6 Å². The topological polar surface area (TPSA) is 84.5 Å². The molecule has 0 aromatic heterocycles. The van der Waals surface area contributed by atoms with Crippen LogP contribution < -0.4 is 10.5 Å². The lowest BCUT2D eigenvalue weighted by molar-refractivity contribution is 0.598. The average molecular weight is 342 g/mol. The molecule has 0 heterocycles. The van der Waals surface area contributed by atoms with Gasteiger partial charge in [-0.05, 0) is 36.4 Å². The molecule has 0 aliphatic heterocycles. The number of sulfonamides is 1. The van der Waals surface area contributed by atoms with Gasteiger partial charge in [-0.2, -0.15) is 0 Å². The molecule has 116 valence electrons. The fourth-order valence-electron chi connectivity index (χ4n) is 1.64. The molecular formula is C14H13ClFN3O2S. The quantitative estimate of drug-likeness (QED) is 0.498. The zero-order valence-corrected chi connectivity index (χ0v) is 12.9. The third-order valence-corrected chi connectivity index (χ3v) is 4.33. The van der Waals surface area contributed by atoms with Crippen LogP contribution in [0.15, 0.2) is 58.4 Å². The van der Waals surface area contributed by atoms with Gasteiger partial charge in [0.1, 0.15) is 11.7 Å². The Morgan fingerprint density at radius 2 is 1.82 bits per heavy atom. The number of benzene rings is 2. The second kappa shape index (κ2) is 6.76. The van der Waals surface area contributed by atoms with Gasteiger partial charge in [-0.25, -0.2) is 17.8 Å². The van der Waals surface area contributed by atoms with Crippen LogP contribution in [0.1, 0.15) is 0 Å². The Hall–Kier alpha value is -2.12. The second-order valence-electron chi connectivity index (χ2n) is 4.32. The monoisotopic (exact) mass is 341 g/mol. The van der Waals surface area contributed by atoms with Crippen molar-refractivity contribution in [3.8, 4) is 0 Å². The largest absolute Gasteiger partial charge is 0.386 e. The highest BCUT2D eigenvalue weighted by atomic mass is 35.5. The first-order chi connectivity index (χ1) is 10.4. The van der Waals surface area contributed by atoms with Gasteiger partial charge in [0.05, 0.1) is 22.2 Å². The number of halogens is 2. The third-order valence-electron chi connectivity index (χ3n) is 2.67. The van der Waals surface area contributed by atoms with Gasteiger partial charge in [0.2, 0.25) is 0 Å². The minimum atomic E-state index is -3.88. The molecule has 0 fully saturated rings. The zero-order valence-electron chi connectivity index (χ0n) is 11.3. The smallest absolute Gasteiger partial charge is 0.261 e. The van der Waals surface area contributed by atoms with Gasteiger partial charge in [-0.1, -0.05) is 12.1 Å². The van der Waals surface area contributed by atoms with Crippen LogP contribution in [0, 0.1) is 5.82 Å². The van der Waals surface area contributed by atoms with E-state index >= 15 is 0 Å². The van der Waals surface area contributed by atoms with Gasteiger partial charge < -0.3 is 5.73 Å². The number of hydrogen-bond donors (Lipinski definition) is 2. The summed E-state index contributed by atoms with van der Waals surface area (Å²) < 4.78 is 40.1. The highest BCUT2D eigenvalue weighted by Crippen LogP contribution is 2.21. The van der Waals surface area contributed by atoms with Gasteiger partial charge in [-0.3, -0.25) is 4.72 Å². The van der Waals surface area contributed by atoms with Crippen LogP contribution in [0.3, 0.4) is 0 Å². The van der Waals surface area contributed by atoms with E-state index in [9.17, 15) is 12.8 Å². The summed E-state index contributed by atoms with van der Waals surface area (Å²) in [6.07, 6.45) is 0. The average Bonchev–Trinajstić information content (AvgIpc) is 2.50. The van der Waals surface area contributed by atoms with E-state index in [1.54, 1.807) is 0 Å². The number of alkyl halides is 1. The number of hydrogen-bond acceptors (Lipinski definition) is 3. The summed E-state index contributed by atoms with van der Waals surface area (Å²) in [7, 11) is -3.88. The van der Waals surface area contributed by atoms with Crippen molar-refractivity contribution in [1.29, 1.82) is 0 Å². The van der Waals surface area contributed by atoms with Gasteiger partial charge in [0.15, 0.2) is 0 Å². The number of anilines is 1. The summed E-state index contributed by atoms with van der Waals surface area (Å²) >= 11 is 5.51. The van der Waals surface area contributed by atoms with Crippen LogP contribution in [0.4, 0.5) is 15.8 Å². The van der Waals surface area contributed by atoms with Crippen molar-refractivity contribution in [3.05, 3.63) is 54.3 Å². The fraction of sp³-hybridized carbons (Fsp3) is 0.0714. The van der Waals surface area contributed by atoms with E-state index in [2.05, 4.69) is 9.71 Å². The standard InChI is InChI=1S/C14H13ClFN3O2S/c15-9-14(17)18-10-5-7-11(8-6-10)22(20,21)19-13-4-2-1-3-12(13)16/h1-8,19H,9H2,(H2,17,18). The molecule has 2 aromatic rings. The van der Waals surface area contributed by atoms with Gasteiger partial charge in [0, 0.05) is 0 Å². The van der Waals surface area contributed by atoms with Crippen LogP contribution in [-0.4, -0.2) is 20.1 Å². The Morgan fingerprint density at radius 1 is 1.18 bits per heavy atom. The molecule has 0 saturated heterocycles. The van der Waals surface area contributed by atoms with E-state index in [0.29, 0.717) is 5.69 Å². The normalized spacial score (nSPS) is 12.2. The molecule has 22 heavy (non-hydrogen) atoms. The predicted molar refractivity (Wildman–Crippen MR) is 85.7 cm³/mol. The summed E-state index contributed by atoms with van der Waals surface area (Å²) in [6.45, 7) is 0. The van der Waals surface area contributed by atoms with Crippen molar-refractivity contribution in [1.82, 2.24) is 0 Å².